The molecule has 8 aromatic rings. The minimum Gasteiger partial charge on any atom is -0.477 e. The van der Waals surface area contributed by atoms with Gasteiger partial charge in [-0.25, -0.2) is 32.3 Å². The first kappa shape index (κ1) is 52.7. The molecule has 0 aliphatic carbocycles. The second-order valence-electron chi connectivity index (χ2n) is 22.5. The molecule has 3 N–H and O–H groups in total. The Morgan fingerprint density at radius 3 is 1.28 bits per heavy atom. The van der Waals surface area contributed by atoms with Gasteiger partial charge in [-0.3, -0.25) is 0 Å². The average Bonchev–Trinajstić information content (AvgIpc) is 4.37. The van der Waals surface area contributed by atoms with Crippen molar-refractivity contribution < 1.29 is 27.5 Å². The topological polar surface area (TPSA) is 97.9 Å². The van der Waals surface area contributed by atoms with E-state index in [-0.39, 0.29) is 22.1 Å². The van der Waals surface area contributed by atoms with Gasteiger partial charge in [0.1, 0.15) is 11.1 Å². The van der Waals surface area contributed by atoms with Crippen molar-refractivity contribution in [3.05, 3.63) is 204 Å². The highest BCUT2D eigenvalue weighted by atomic mass is 19.2. The fourth-order valence-corrected chi connectivity index (χ4v) is 10.9. The third-order valence-electron chi connectivity index (χ3n) is 14.6. The Balaban J connectivity index is 1.39. The van der Waals surface area contributed by atoms with Crippen molar-refractivity contribution in [1.29, 1.82) is 0 Å². The lowest BCUT2D eigenvalue weighted by molar-refractivity contribution is 0.0683. The molecule has 2 aliphatic heterocycles. The van der Waals surface area contributed by atoms with E-state index >= 15 is 17.6 Å². The summed E-state index contributed by atoms with van der Waals surface area (Å²) in [4.78, 5) is 32.2. The number of aromatic amines is 2. The maximum absolute atomic E-state index is 15.7. The molecule has 5 aromatic carbocycles. The minimum absolute atomic E-state index is 0.0950. The van der Waals surface area contributed by atoms with Crippen LogP contribution in [0.4, 0.5) is 34.6 Å². The van der Waals surface area contributed by atoms with Gasteiger partial charge in [-0.05, 0) is 170 Å². The van der Waals surface area contributed by atoms with Gasteiger partial charge in [-0.1, -0.05) is 113 Å². The highest BCUT2D eigenvalue weighted by Gasteiger charge is 2.30. The zero-order valence-corrected chi connectivity index (χ0v) is 45.8. The molecule has 5 heterocycles. The van der Waals surface area contributed by atoms with Crippen LogP contribution in [0.25, 0.3) is 68.6 Å². The lowest BCUT2D eigenvalue weighted by Crippen LogP contribution is -2.15. The van der Waals surface area contributed by atoms with E-state index in [9.17, 15) is 9.90 Å². The number of aromatic carboxylic acids is 1. The number of halogens is 4. The summed E-state index contributed by atoms with van der Waals surface area (Å²) in [5, 5.41) is 9.42. The number of hydrogen-bond acceptors (Lipinski definition) is 4. The first-order valence-corrected chi connectivity index (χ1v) is 25.8. The van der Waals surface area contributed by atoms with Crippen LogP contribution in [0.3, 0.4) is 0 Å². The number of aromatic nitrogens is 4. The molecule has 392 valence electrons. The van der Waals surface area contributed by atoms with Crippen LogP contribution in [0.1, 0.15) is 130 Å². The van der Waals surface area contributed by atoms with Gasteiger partial charge in [-0.15, -0.1) is 0 Å². The number of carbonyl (C=O) groups is 1. The Kier molecular flexibility index (Phi) is 13.3. The number of fused-ring (bicyclic) bond motifs is 8. The predicted octanol–water partition coefficient (Wildman–Crippen LogP) is 17.6. The molecular formula is C67H59F4N5O2. The number of nitrogens with zero attached hydrogens (tertiary/aromatic N) is 3. The van der Waals surface area contributed by atoms with Crippen molar-refractivity contribution in [3.8, 4) is 34.1 Å². The fraction of sp³-hybridized carbons (Fsp3) is 0.209. The van der Waals surface area contributed by atoms with Crippen LogP contribution < -0.4 is 4.90 Å². The quantitative estimate of drug-likeness (QED) is 0.0876. The number of H-pyrrole nitrogens is 2. The maximum atomic E-state index is 15.7. The van der Waals surface area contributed by atoms with E-state index < -0.39 is 40.4 Å². The van der Waals surface area contributed by atoms with Crippen molar-refractivity contribution in [2.24, 2.45) is 0 Å². The number of benzene rings is 5. The highest BCUT2D eigenvalue weighted by Crippen LogP contribution is 2.44. The molecule has 0 saturated carbocycles. The molecule has 3 aromatic heterocycles. The zero-order valence-electron chi connectivity index (χ0n) is 45.8. The Morgan fingerprint density at radius 1 is 0.474 bits per heavy atom. The number of rotatable bonds is 6. The molecule has 0 unspecified atom stereocenters. The SMILES string of the molecule is Cc1cc(C)c(-c2c3nc(c(N(c4ccc(C(C)(C)C)cc4)c4ccc(C(C)(C)C)cc4)c4ccc([nH]4)c(-c4c(C)cc(C)cc4C)c4nc(c(C#Cc5c(F)c(F)c(C(=O)O)c(F)c5F)c5ccc2[nH]5)C=C4)C=C3)c(C)c1. The van der Waals surface area contributed by atoms with Gasteiger partial charge in [0.2, 0.25) is 0 Å². The van der Waals surface area contributed by atoms with Gasteiger partial charge in [0, 0.05) is 33.5 Å². The van der Waals surface area contributed by atoms with Crippen LogP contribution in [0.2, 0.25) is 0 Å². The van der Waals surface area contributed by atoms with E-state index in [0.29, 0.717) is 28.1 Å². The predicted molar refractivity (Wildman–Crippen MR) is 309 cm³/mol. The summed E-state index contributed by atoms with van der Waals surface area (Å²) in [7, 11) is 0. The molecule has 0 fully saturated rings. The molecule has 0 saturated heterocycles. The molecule has 2 aliphatic rings. The standard InChI is InChI=1S/C67H59F4N5O2/c1-35-31-37(3)55(38(4)32-35)57-49-25-23-47(72-49)45(21-22-46-60(68)62(70)59(65(77)78)63(71)61(46)69)48-24-26-50(73-48)58(56-39(5)33-36(2)34-40(56)6)52-28-30-54(75-52)64(53-29-27-51(57)74-53)76(43-17-13-41(14-18-43)66(7,8)9)44-19-15-42(16-20-44)67(10,11)12/h13-20,23-34,72,75H,1-12H3,(H,77,78). The Labute approximate surface area is 452 Å². The van der Waals surface area contributed by atoms with E-state index in [0.717, 1.165) is 83.7 Å². The van der Waals surface area contributed by atoms with Crippen LogP contribution in [0.5, 0.6) is 0 Å². The number of carboxylic acid groups (broad SMARTS) is 1. The normalized spacial score (nSPS) is 12.3. The highest BCUT2D eigenvalue weighted by molar-refractivity contribution is 6.01. The van der Waals surface area contributed by atoms with Gasteiger partial charge in [0.25, 0.3) is 0 Å². The van der Waals surface area contributed by atoms with Crippen LogP contribution in [-0.4, -0.2) is 31.0 Å². The molecule has 10 rings (SSSR count). The third-order valence-corrected chi connectivity index (χ3v) is 14.6. The summed E-state index contributed by atoms with van der Waals surface area (Å²) in [6, 6.07) is 33.6. The Bertz CT molecular complexity index is 3950. The van der Waals surface area contributed by atoms with Crippen molar-refractivity contribution >= 4 is 69.4 Å². The first-order chi connectivity index (χ1) is 36.9. The molecule has 11 heteroatoms. The number of carboxylic acids is 1. The fourth-order valence-electron chi connectivity index (χ4n) is 10.9. The van der Waals surface area contributed by atoms with Crippen LogP contribution in [0, 0.1) is 76.7 Å². The second-order valence-corrected chi connectivity index (χ2v) is 22.5. The molecule has 0 spiro atoms. The first-order valence-electron chi connectivity index (χ1n) is 25.8. The summed E-state index contributed by atoms with van der Waals surface area (Å²) < 4.78 is 61.7. The van der Waals surface area contributed by atoms with Crippen LogP contribution >= 0.6 is 0 Å². The number of hydrogen-bond donors (Lipinski definition) is 3. The van der Waals surface area contributed by atoms with Crippen molar-refractivity contribution in [2.45, 2.75) is 93.9 Å². The molecule has 0 atom stereocenters. The lowest BCUT2D eigenvalue weighted by atomic mass is 9.86. The van der Waals surface area contributed by atoms with Crippen molar-refractivity contribution in [3.63, 3.8) is 0 Å². The van der Waals surface area contributed by atoms with Gasteiger partial charge < -0.3 is 20.0 Å². The van der Waals surface area contributed by atoms with Crippen LogP contribution in [0.15, 0.2) is 97.1 Å². The van der Waals surface area contributed by atoms with E-state index in [1.807, 2.05) is 44.2 Å². The smallest absolute Gasteiger partial charge is 0.341 e. The number of nitrogens with one attached hydrogen (secondary N) is 2. The molecule has 7 nitrogen and oxygen atoms in total. The van der Waals surface area contributed by atoms with E-state index in [1.165, 1.54) is 11.1 Å². The summed E-state index contributed by atoms with van der Waals surface area (Å²) in [5.41, 5.74) is 16.0. The summed E-state index contributed by atoms with van der Waals surface area (Å²) in [6.45, 7) is 25.5. The van der Waals surface area contributed by atoms with Crippen LogP contribution in [-0.2, 0) is 10.8 Å². The Morgan fingerprint density at radius 2 is 0.846 bits per heavy atom. The van der Waals surface area contributed by atoms with Crippen molar-refractivity contribution in [2.75, 3.05) is 4.90 Å². The minimum atomic E-state index is -2.16. The van der Waals surface area contributed by atoms with Crippen molar-refractivity contribution in [1.82, 2.24) is 19.9 Å². The molecule has 8 bridgehead atoms. The van der Waals surface area contributed by atoms with E-state index in [2.05, 4.69) is 175 Å². The summed E-state index contributed by atoms with van der Waals surface area (Å²) >= 11 is 0. The molecule has 0 amide bonds. The maximum Gasteiger partial charge on any atom is 0.341 e. The van der Waals surface area contributed by atoms with E-state index in [1.54, 1.807) is 12.1 Å². The Hall–Kier alpha value is -8.75. The molecular weight excluding hydrogens is 983 g/mol. The summed E-state index contributed by atoms with van der Waals surface area (Å²) in [6.07, 6.45) is 7.64. The second kappa shape index (κ2) is 19.7. The molecule has 78 heavy (non-hydrogen) atoms. The average molecular weight is 1040 g/mol. The van der Waals surface area contributed by atoms with Gasteiger partial charge >= 0.3 is 5.97 Å². The number of aryl methyl sites for hydroxylation is 6. The van der Waals surface area contributed by atoms with E-state index in [4.69, 9.17) is 9.97 Å². The van der Waals surface area contributed by atoms with Gasteiger partial charge in [0.15, 0.2) is 23.3 Å². The van der Waals surface area contributed by atoms with Gasteiger partial charge in [0.05, 0.1) is 45.1 Å². The third kappa shape index (κ3) is 9.50. The zero-order chi connectivity index (χ0) is 55.9. The monoisotopic (exact) mass is 1040 g/mol. The molecule has 0 radical (unpaired) electrons. The lowest BCUT2D eigenvalue weighted by Gasteiger charge is -2.28. The summed E-state index contributed by atoms with van der Waals surface area (Å²) in [5.74, 6) is -5.01. The largest absolute Gasteiger partial charge is 0.477 e. The van der Waals surface area contributed by atoms with Gasteiger partial charge in [-0.2, -0.15) is 0 Å². The number of anilines is 3.